The Balaban J connectivity index is 1.56. The average Bonchev–Trinajstić information content (AvgIpc) is 2.87. The van der Waals surface area contributed by atoms with Gasteiger partial charge in [-0.15, -0.1) is 11.3 Å². The van der Waals surface area contributed by atoms with E-state index in [-0.39, 0.29) is 6.03 Å². The maximum absolute atomic E-state index is 12.4. The van der Waals surface area contributed by atoms with Gasteiger partial charge in [-0.3, -0.25) is 0 Å². The highest BCUT2D eigenvalue weighted by molar-refractivity contribution is 7.11. The van der Waals surface area contributed by atoms with Crippen LogP contribution in [0.4, 0.5) is 4.79 Å². The van der Waals surface area contributed by atoms with Crippen LogP contribution in [-0.2, 0) is 4.74 Å². The fraction of sp³-hybridized carbons (Fsp3) is 0.733. The third kappa shape index (κ3) is 3.21. The minimum atomic E-state index is 0.184. The highest BCUT2D eigenvalue weighted by Crippen LogP contribution is 2.32. The Morgan fingerprint density at radius 2 is 1.76 bits per heavy atom. The first-order valence-electron chi connectivity index (χ1n) is 7.70. The van der Waals surface area contributed by atoms with Crippen molar-refractivity contribution in [2.75, 3.05) is 39.4 Å². The van der Waals surface area contributed by atoms with Gasteiger partial charge in [0.2, 0.25) is 0 Å². The molecule has 21 heavy (non-hydrogen) atoms. The van der Waals surface area contributed by atoms with E-state index < -0.39 is 0 Å². The number of morpholine rings is 1. The summed E-state index contributed by atoms with van der Waals surface area (Å²) in [6.07, 6.45) is 2.06. The molecule has 0 unspecified atom stereocenters. The second kappa shape index (κ2) is 6.32. The van der Waals surface area contributed by atoms with Crippen LogP contribution in [0.1, 0.15) is 34.3 Å². The van der Waals surface area contributed by atoms with Gasteiger partial charge < -0.3 is 14.5 Å². The van der Waals surface area contributed by atoms with Gasteiger partial charge in [0.05, 0.1) is 23.9 Å². The molecule has 0 aromatic carbocycles. The monoisotopic (exact) mass is 309 g/mol. The quantitative estimate of drug-likeness (QED) is 0.800. The average molecular weight is 309 g/mol. The van der Waals surface area contributed by atoms with Gasteiger partial charge in [0.1, 0.15) is 0 Å². The molecule has 0 aliphatic carbocycles. The molecule has 0 atom stereocenters. The zero-order valence-corrected chi connectivity index (χ0v) is 13.6. The van der Waals surface area contributed by atoms with Gasteiger partial charge in [-0.1, -0.05) is 0 Å². The van der Waals surface area contributed by atoms with Crippen LogP contribution >= 0.6 is 11.3 Å². The second-order valence-corrected chi connectivity index (χ2v) is 7.07. The Morgan fingerprint density at radius 1 is 1.14 bits per heavy atom. The zero-order valence-electron chi connectivity index (χ0n) is 12.8. The van der Waals surface area contributed by atoms with E-state index in [0.29, 0.717) is 19.1 Å². The summed E-state index contributed by atoms with van der Waals surface area (Å²) >= 11 is 1.82. The molecule has 0 radical (unpaired) electrons. The van der Waals surface area contributed by atoms with Crippen LogP contribution in [0.5, 0.6) is 0 Å². The van der Waals surface area contributed by atoms with Gasteiger partial charge in [-0.05, 0) is 26.7 Å². The lowest BCUT2D eigenvalue weighted by molar-refractivity contribution is 0.0411. The molecule has 2 fully saturated rings. The number of carbonyl (C=O) groups excluding carboxylic acids is 1. The van der Waals surface area contributed by atoms with E-state index in [1.54, 1.807) is 0 Å². The van der Waals surface area contributed by atoms with Crippen LogP contribution in [0.3, 0.4) is 0 Å². The zero-order chi connectivity index (χ0) is 14.8. The van der Waals surface area contributed by atoms with Gasteiger partial charge in [0.25, 0.3) is 0 Å². The van der Waals surface area contributed by atoms with Crippen molar-refractivity contribution in [3.8, 4) is 0 Å². The largest absolute Gasteiger partial charge is 0.378 e. The lowest BCUT2D eigenvalue weighted by Gasteiger charge is -2.36. The van der Waals surface area contributed by atoms with Crippen LogP contribution in [0, 0.1) is 13.8 Å². The first-order chi connectivity index (χ1) is 10.1. The summed E-state index contributed by atoms with van der Waals surface area (Å²) in [5, 5.41) is 1.25. The van der Waals surface area contributed by atoms with Crippen LogP contribution < -0.4 is 0 Å². The molecule has 1 aromatic heterocycles. The molecule has 0 saturated carbocycles. The minimum Gasteiger partial charge on any atom is -0.378 e. The summed E-state index contributed by atoms with van der Waals surface area (Å²) in [6.45, 7) is 8.68. The number of likely N-dealkylation sites (tertiary alicyclic amines) is 1. The number of urea groups is 1. The summed E-state index contributed by atoms with van der Waals surface area (Å²) in [5.74, 6) is 0.524. The van der Waals surface area contributed by atoms with Crippen LogP contribution in [0.15, 0.2) is 0 Å². The Morgan fingerprint density at radius 3 is 2.33 bits per heavy atom. The number of nitrogens with zero attached hydrogens (tertiary/aromatic N) is 3. The van der Waals surface area contributed by atoms with Gasteiger partial charge in [0.15, 0.2) is 0 Å². The normalized spacial score (nSPS) is 20.9. The SMILES string of the molecule is Cc1nc(C2CCN(C(=O)N3CCOCC3)CC2)sc1C. The summed E-state index contributed by atoms with van der Waals surface area (Å²) < 4.78 is 5.31. The van der Waals surface area contributed by atoms with E-state index in [1.807, 2.05) is 21.1 Å². The molecular formula is C15H23N3O2S. The number of carbonyl (C=O) groups is 1. The van der Waals surface area contributed by atoms with Crippen molar-refractivity contribution in [3.63, 3.8) is 0 Å². The number of rotatable bonds is 1. The van der Waals surface area contributed by atoms with E-state index >= 15 is 0 Å². The second-order valence-electron chi connectivity index (χ2n) is 5.84. The van der Waals surface area contributed by atoms with Gasteiger partial charge in [0, 0.05) is 37.0 Å². The highest BCUT2D eigenvalue weighted by atomic mass is 32.1. The number of amides is 2. The number of hydrogen-bond donors (Lipinski definition) is 0. The first-order valence-corrected chi connectivity index (χ1v) is 8.52. The van der Waals surface area contributed by atoms with Gasteiger partial charge >= 0.3 is 6.03 Å². The van der Waals surface area contributed by atoms with Gasteiger partial charge in [-0.2, -0.15) is 0 Å². The Hall–Kier alpha value is -1.14. The number of hydrogen-bond acceptors (Lipinski definition) is 4. The predicted octanol–water partition coefficient (Wildman–Crippen LogP) is 2.39. The summed E-state index contributed by atoms with van der Waals surface area (Å²) in [7, 11) is 0. The molecule has 3 rings (SSSR count). The molecule has 1 aromatic rings. The van der Waals surface area contributed by atoms with Crippen molar-refractivity contribution in [2.45, 2.75) is 32.6 Å². The molecule has 116 valence electrons. The first kappa shape index (κ1) is 14.8. The molecule has 2 aliphatic heterocycles. The number of piperidine rings is 1. The van der Waals surface area contributed by atoms with E-state index in [1.165, 1.54) is 9.88 Å². The Bertz CT molecular complexity index is 484. The molecule has 0 N–H and O–H groups in total. The topological polar surface area (TPSA) is 45.7 Å². The number of thiazole rings is 1. The number of aryl methyl sites for hydroxylation is 2. The fourth-order valence-corrected chi connectivity index (χ4v) is 4.04. The van der Waals surface area contributed by atoms with Gasteiger partial charge in [-0.25, -0.2) is 9.78 Å². The lowest BCUT2D eigenvalue weighted by Crippen LogP contribution is -2.50. The predicted molar refractivity (Wildman–Crippen MR) is 82.9 cm³/mol. The van der Waals surface area contributed by atoms with Crippen LogP contribution in [0.2, 0.25) is 0 Å². The van der Waals surface area contributed by atoms with Crippen molar-refractivity contribution in [2.24, 2.45) is 0 Å². The smallest absolute Gasteiger partial charge is 0.320 e. The summed E-state index contributed by atoms with van der Waals surface area (Å²) in [5.41, 5.74) is 1.15. The summed E-state index contributed by atoms with van der Waals surface area (Å²) in [6, 6.07) is 0.184. The minimum absolute atomic E-state index is 0.184. The molecule has 0 bridgehead atoms. The lowest BCUT2D eigenvalue weighted by atomic mass is 9.98. The van der Waals surface area contributed by atoms with Crippen molar-refractivity contribution in [1.29, 1.82) is 0 Å². The molecule has 2 saturated heterocycles. The standard InChI is InChI=1S/C15H23N3O2S/c1-11-12(2)21-14(16-11)13-3-5-17(6-4-13)15(19)18-7-9-20-10-8-18/h13H,3-10H2,1-2H3. The number of ether oxygens (including phenoxy) is 1. The third-order valence-electron chi connectivity index (χ3n) is 4.44. The van der Waals surface area contributed by atoms with Crippen molar-refractivity contribution >= 4 is 17.4 Å². The molecule has 5 nitrogen and oxygen atoms in total. The maximum atomic E-state index is 12.4. The third-order valence-corrected chi connectivity index (χ3v) is 5.68. The highest BCUT2D eigenvalue weighted by Gasteiger charge is 2.29. The van der Waals surface area contributed by atoms with E-state index in [4.69, 9.17) is 4.74 Å². The van der Waals surface area contributed by atoms with Crippen molar-refractivity contribution in [1.82, 2.24) is 14.8 Å². The number of aromatic nitrogens is 1. The molecule has 2 aliphatic rings. The Labute approximate surface area is 129 Å². The van der Waals surface area contributed by atoms with Crippen molar-refractivity contribution in [3.05, 3.63) is 15.6 Å². The molecule has 6 heteroatoms. The molecule has 2 amide bonds. The van der Waals surface area contributed by atoms with E-state index in [0.717, 1.165) is 44.7 Å². The van der Waals surface area contributed by atoms with Crippen LogP contribution in [0.25, 0.3) is 0 Å². The van der Waals surface area contributed by atoms with Crippen molar-refractivity contribution < 1.29 is 9.53 Å². The van der Waals surface area contributed by atoms with E-state index in [9.17, 15) is 4.79 Å². The van der Waals surface area contributed by atoms with E-state index in [2.05, 4.69) is 18.8 Å². The Kier molecular flexibility index (Phi) is 4.45. The summed E-state index contributed by atoms with van der Waals surface area (Å²) in [4.78, 5) is 22.3. The fourth-order valence-electron chi connectivity index (χ4n) is 2.94. The molecule has 0 spiro atoms. The molecular weight excluding hydrogens is 286 g/mol. The molecule has 3 heterocycles. The maximum Gasteiger partial charge on any atom is 0.320 e. The van der Waals surface area contributed by atoms with Crippen LogP contribution in [-0.4, -0.2) is 60.2 Å².